The minimum atomic E-state index is -0.636. The summed E-state index contributed by atoms with van der Waals surface area (Å²) in [5, 5.41) is 7.40. The maximum absolute atomic E-state index is 13.5. The molecule has 1 heterocycles. The number of ether oxygens (including phenoxy) is 1. The van der Waals surface area contributed by atoms with Crippen LogP contribution in [0.3, 0.4) is 0 Å². The van der Waals surface area contributed by atoms with Crippen molar-refractivity contribution in [1.29, 1.82) is 5.41 Å². The highest BCUT2D eigenvalue weighted by molar-refractivity contribution is 6.30. The Labute approximate surface area is 120 Å². The first-order valence-electron chi connectivity index (χ1n) is 5.65. The van der Waals surface area contributed by atoms with Gasteiger partial charge in [0.05, 0.1) is 5.02 Å². The first-order chi connectivity index (χ1) is 9.63. The lowest BCUT2D eigenvalue weighted by molar-refractivity contribution is 0.423. The van der Waals surface area contributed by atoms with Gasteiger partial charge < -0.3 is 15.9 Å². The van der Waals surface area contributed by atoms with Crippen molar-refractivity contribution in [3.8, 4) is 11.6 Å². The summed E-state index contributed by atoms with van der Waals surface area (Å²) in [6.45, 7) is 0. The number of allylic oxidation sites excluding steroid dienone is 1. The summed E-state index contributed by atoms with van der Waals surface area (Å²) >= 11 is 5.61. The zero-order valence-electron chi connectivity index (χ0n) is 10.3. The predicted molar refractivity (Wildman–Crippen MR) is 76.7 cm³/mol. The summed E-state index contributed by atoms with van der Waals surface area (Å²) in [6, 6.07) is 7.83. The maximum Gasteiger partial charge on any atom is 0.255 e. The normalized spacial score (nSPS) is 11.2. The average molecular weight is 292 g/mol. The fraction of sp³-hybridized carbons (Fsp3) is 0. The molecule has 6 heteroatoms. The van der Waals surface area contributed by atoms with Gasteiger partial charge in [0.25, 0.3) is 5.88 Å². The largest absolute Gasteiger partial charge is 0.436 e. The van der Waals surface area contributed by atoms with E-state index < -0.39 is 5.82 Å². The van der Waals surface area contributed by atoms with E-state index in [1.807, 2.05) is 0 Å². The zero-order valence-corrected chi connectivity index (χ0v) is 11.1. The third kappa shape index (κ3) is 3.13. The van der Waals surface area contributed by atoms with E-state index >= 15 is 0 Å². The molecule has 1 aromatic heterocycles. The summed E-state index contributed by atoms with van der Waals surface area (Å²) in [4.78, 5) is 3.77. The molecule has 0 unspecified atom stereocenters. The Morgan fingerprint density at radius 2 is 2.05 bits per heavy atom. The molecule has 0 aliphatic carbocycles. The van der Waals surface area contributed by atoms with Crippen molar-refractivity contribution < 1.29 is 9.13 Å². The van der Waals surface area contributed by atoms with Crippen molar-refractivity contribution in [3.05, 3.63) is 59.1 Å². The van der Waals surface area contributed by atoms with Crippen molar-refractivity contribution in [2.45, 2.75) is 0 Å². The van der Waals surface area contributed by atoms with Crippen molar-refractivity contribution in [1.82, 2.24) is 4.98 Å². The van der Waals surface area contributed by atoms with Gasteiger partial charge in [0.2, 0.25) is 0 Å². The van der Waals surface area contributed by atoms with Gasteiger partial charge in [0, 0.05) is 24.2 Å². The number of rotatable bonds is 4. The van der Waals surface area contributed by atoms with Crippen LogP contribution in [0.15, 0.2) is 42.7 Å². The molecular weight excluding hydrogens is 281 g/mol. The van der Waals surface area contributed by atoms with Gasteiger partial charge in [0.1, 0.15) is 5.75 Å². The van der Waals surface area contributed by atoms with Gasteiger partial charge in [-0.05, 0) is 23.8 Å². The Morgan fingerprint density at radius 3 is 2.60 bits per heavy atom. The van der Waals surface area contributed by atoms with Crippen molar-refractivity contribution in [3.63, 3.8) is 0 Å². The van der Waals surface area contributed by atoms with Gasteiger partial charge in [-0.15, -0.1) is 0 Å². The summed E-state index contributed by atoms with van der Waals surface area (Å²) in [7, 11) is 0. The molecule has 0 saturated carbocycles. The molecular formula is C14H11ClFN3O. The Balaban J connectivity index is 2.21. The lowest BCUT2D eigenvalue weighted by atomic mass is 10.1. The van der Waals surface area contributed by atoms with E-state index in [1.165, 1.54) is 12.4 Å². The van der Waals surface area contributed by atoms with Crippen molar-refractivity contribution >= 4 is 23.4 Å². The minimum absolute atomic E-state index is 0.149. The first-order valence-corrected chi connectivity index (χ1v) is 6.03. The zero-order chi connectivity index (χ0) is 14.5. The molecule has 0 bridgehead atoms. The molecule has 0 atom stereocenters. The summed E-state index contributed by atoms with van der Waals surface area (Å²) < 4.78 is 18.8. The molecule has 2 aromatic rings. The quantitative estimate of drug-likeness (QED) is 0.845. The maximum atomic E-state index is 13.5. The molecule has 1 aromatic carbocycles. The molecule has 0 aliphatic rings. The monoisotopic (exact) mass is 291 g/mol. The van der Waals surface area contributed by atoms with E-state index in [2.05, 4.69) is 4.98 Å². The highest BCUT2D eigenvalue weighted by Gasteiger charge is 2.07. The van der Waals surface area contributed by atoms with Crippen LogP contribution in [0.4, 0.5) is 4.39 Å². The van der Waals surface area contributed by atoms with Crippen LogP contribution < -0.4 is 10.5 Å². The standard InChI is InChI=1S/C14H11ClFN3O/c15-11-5-13(16)14(19-8-11)20-12-3-1-9(2-4-12)10(6-17)7-18/h1-8,17H,18H2/b10-7+,17-6?. The second kappa shape index (κ2) is 6.16. The van der Waals surface area contributed by atoms with Crippen LogP contribution in [0.25, 0.3) is 5.57 Å². The van der Waals surface area contributed by atoms with Gasteiger partial charge in [-0.2, -0.15) is 0 Å². The lowest BCUT2D eigenvalue weighted by Crippen LogP contribution is -1.93. The second-order valence-electron chi connectivity index (χ2n) is 3.83. The smallest absolute Gasteiger partial charge is 0.255 e. The number of nitrogens with two attached hydrogens (primary N) is 1. The fourth-order valence-corrected chi connectivity index (χ4v) is 1.68. The molecule has 0 aliphatic heterocycles. The van der Waals surface area contributed by atoms with Gasteiger partial charge in [-0.1, -0.05) is 23.7 Å². The minimum Gasteiger partial charge on any atom is -0.436 e. The molecule has 3 N–H and O–H groups in total. The van der Waals surface area contributed by atoms with Crippen LogP contribution in [-0.4, -0.2) is 11.2 Å². The Morgan fingerprint density at radius 1 is 1.35 bits per heavy atom. The van der Waals surface area contributed by atoms with E-state index in [1.54, 1.807) is 24.3 Å². The highest BCUT2D eigenvalue weighted by atomic mass is 35.5. The van der Waals surface area contributed by atoms with Crippen LogP contribution in [0.2, 0.25) is 5.02 Å². The summed E-state index contributed by atoms with van der Waals surface area (Å²) in [6.07, 6.45) is 3.79. The SMILES string of the molecule is N=C/C(=C\N)c1ccc(Oc2ncc(Cl)cc2F)cc1. The van der Waals surface area contributed by atoms with E-state index in [4.69, 9.17) is 27.5 Å². The second-order valence-corrected chi connectivity index (χ2v) is 4.27. The Bertz CT molecular complexity index is 656. The molecule has 0 amide bonds. The first kappa shape index (κ1) is 14.0. The molecule has 0 spiro atoms. The molecule has 0 fully saturated rings. The number of pyridine rings is 1. The average Bonchev–Trinajstić information content (AvgIpc) is 2.45. The van der Waals surface area contributed by atoms with E-state index in [-0.39, 0.29) is 10.9 Å². The number of aromatic nitrogens is 1. The Kier molecular flexibility index (Phi) is 4.32. The molecule has 2 rings (SSSR count). The third-order valence-corrected chi connectivity index (χ3v) is 2.72. The van der Waals surface area contributed by atoms with Gasteiger partial charge in [-0.25, -0.2) is 9.37 Å². The number of nitrogens with zero attached hydrogens (tertiary/aromatic N) is 1. The molecule has 20 heavy (non-hydrogen) atoms. The van der Waals surface area contributed by atoms with Gasteiger partial charge in [0.15, 0.2) is 5.82 Å². The van der Waals surface area contributed by atoms with E-state index in [9.17, 15) is 4.39 Å². The van der Waals surface area contributed by atoms with Crippen LogP contribution in [0.5, 0.6) is 11.6 Å². The lowest BCUT2D eigenvalue weighted by Gasteiger charge is -2.07. The van der Waals surface area contributed by atoms with E-state index in [0.29, 0.717) is 11.3 Å². The fourth-order valence-electron chi connectivity index (χ4n) is 1.53. The topological polar surface area (TPSA) is 72.0 Å². The molecule has 0 radical (unpaired) electrons. The number of nitrogens with one attached hydrogen (secondary N) is 1. The van der Waals surface area contributed by atoms with E-state index in [0.717, 1.165) is 17.8 Å². The van der Waals surface area contributed by atoms with Crippen molar-refractivity contribution in [2.24, 2.45) is 5.73 Å². The van der Waals surface area contributed by atoms with Gasteiger partial charge in [-0.3, -0.25) is 0 Å². The molecule has 0 saturated heterocycles. The summed E-state index contributed by atoms with van der Waals surface area (Å²) in [5.74, 6) is -0.365. The highest BCUT2D eigenvalue weighted by Crippen LogP contribution is 2.25. The molecule has 102 valence electrons. The summed E-state index contributed by atoms with van der Waals surface area (Å²) in [5.41, 5.74) is 6.73. The predicted octanol–water partition coefficient (Wildman–Crippen LogP) is 3.62. The van der Waals surface area contributed by atoms with Crippen LogP contribution >= 0.6 is 11.6 Å². The number of hydrogen-bond acceptors (Lipinski definition) is 4. The number of benzene rings is 1. The number of hydrogen-bond donors (Lipinski definition) is 2. The van der Waals surface area contributed by atoms with Crippen molar-refractivity contribution in [2.75, 3.05) is 0 Å². The van der Waals surface area contributed by atoms with Crippen LogP contribution in [0.1, 0.15) is 5.56 Å². The third-order valence-electron chi connectivity index (χ3n) is 2.51. The van der Waals surface area contributed by atoms with Gasteiger partial charge >= 0.3 is 0 Å². The Hall–Kier alpha value is -2.40. The van der Waals surface area contributed by atoms with Crippen LogP contribution in [-0.2, 0) is 0 Å². The molecule has 4 nitrogen and oxygen atoms in total. The number of halogens is 2. The van der Waals surface area contributed by atoms with Crippen LogP contribution in [0, 0.1) is 11.2 Å².